The molecule has 1 aromatic rings. The summed E-state index contributed by atoms with van der Waals surface area (Å²) in [4.78, 5) is 0. The number of aryl methyl sites for hydroxylation is 2. The molecule has 21 heavy (non-hydrogen) atoms. The molecule has 3 rings (SSSR count). The van der Waals surface area contributed by atoms with Crippen LogP contribution in [-0.4, -0.2) is 5.11 Å². The summed E-state index contributed by atoms with van der Waals surface area (Å²) in [5.41, 5.74) is 3.94. The summed E-state index contributed by atoms with van der Waals surface area (Å²) in [6.07, 6.45) is 7.51. The lowest BCUT2D eigenvalue weighted by Crippen LogP contribution is -2.42. The number of benzene rings is 1. The smallest absolute Gasteiger partial charge is 0.122 e. The molecule has 0 aliphatic heterocycles. The molecule has 0 saturated heterocycles. The highest BCUT2D eigenvalue weighted by atomic mass is 16.3. The molecule has 1 nitrogen and oxygen atoms in total. The number of hydrogen-bond acceptors (Lipinski definition) is 1. The van der Waals surface area contributed by atoms with Crippen molar-refractivity contribution in [2.24, 2.45) is 17.8 Å². The molecule has 2 saturated carbocycles. The van der Waals surface area contributed by atoms with Crippen molar-refractivity contribution in [1.29, 1.82) is 0 Å². The van der Waals surface area contributed by atoms with Crippen LogP contribution in [-0.2, 0) is 11.8 Å². The number of hydrogen-bond donors (Lipinski definition) is 1. The number of phenolic OH excluding ortho intramolecular Hbond substituents is 1. The Hall–Kier alpha value is -0.980. The van der Waals surface area contributed by atoms with Gasteiger partial charge in [0, 0.05) is 5.56 Å². The van der Waals surface area contributed by atoms with Gasteiger partial charge in [-0.15, -0.1) is 0 Å². The molecule has 1 N–H and O–H groups in total. The maximum atomic E-state index is 10.8. The van der Waals surface area contributed by atoms with Gasteiger partial charge < -0.3 is 5.11 Å². The van der Waals surface area contributed by atoms with Crippen LogP contribution >= 0.6 is 0 Å². The fraction of sp³-hybridized carbons (Fsp3) is 0.700. The number of aromatic hydroxyl groups is 1. The third kappa shape index (κ3) is 2.60. The van der Waals surface area contributed by atoms with Gasteiger partial charge in [0.25, 0.3) is 0 Å². The average molecular weight is 286 g/mol. The van der Waals surface area contributed by atoms with Crippen molar-refractivity contribution < 1.29 is 5.11 Å². The standard InChI is InChI=1S/C20H30O/c1-5-17-8-13(2)9-18(19(17)21)20-10-14(3)6-16(12-20)7-15(4)11-20/h8-9,14-16,21H,5-7,10-12H2,1-4H3. The van der Waals surface area contributed by atoms with Crippen molar-refractivity contribution in [2.45, 2.75) is 71.6 Å². The molecule has 0 amide bonds. The van der Waals surface area contributed by atoms with Crippen LogP contribution in [0.3, 0.4) is 0 Å². The van der Waals surface area contributed by atoms with Crippen molar-refractivity contribution in [1.82, 2.24) is 0 Å². The lowest BCUT2D eigenvalue weighted by molar-refractivity contribution is 0.0762. The molecule has 2 bridgehead atoms. The molecule has 1 aromatic carbocycles. The van der Waals surface area contributed by atoms with E-state index in [2.05, 4.69) is 39.8 Å². The largest absolute Gasteiger partial charge is 0.507 e. The van der Waals surface area contributed by atoms with Gasteiger partial charge >= 0.3 is 0 Å². The van der Waals surface area contributed by atoms with Gasteiger partial charge in [0.15, 0.2) is 0 Å². The van der Waals surface area contributed by atoms with E-state index in [1.165, 1.54) is 43.2 Å². The van der Waals surface area contributed by atoms with Crippen LogP contribution in [0.25, 0.3) is 0 Å². The Kier molecular flexibility index (Phi) is 3.80. The zero-order chi connectivity index (χ0) is 15.2. The second-order valence-corrected chi connectivity index (χ2v) is 8.11. The Bertz CT molecular complexity index is 511. The molecule has 2 aliphatic carbocycles. The van der Waals surface area contributed by atoms with E-state index in [-0.39, 0.29) is 5.41 Å². The second kappa shape index (κ2) is 5.34. The topological polar surface area (TPSA) is 20.2 Å². The summed E-state index contributed by atoms with van der Waals surface area (Å²) in [6.45, 7) is 9.13. The number of fused-ring (bicyclic) bond motifs is 2. The minimum absolute atomic E-state index is 0.236. The predicted molar refractivity (Wildman–Crippen MR) is 88.8 cm³/mol. The molecule has 0 spiro atoms. The highest BCUT2D eigenvalue weighted by Gasteiger charge is 2.46. The first-order chi connectivity index (χ1) is 9.93. The summed E-state index contributed by atoms with van der Waals surface area (Å²) < 4.78 is 0. The Morgan fingerprint density at radius 2 is 1.71 bits per heavy atom. The van der Waals surface area contributed by atoms with Crippen LogP contribution in [0.1, 0.15) is 69.6 Å². The van der Waals surface area contributed by atoms with Gasteiger partial charge in [-0.1, -0.05) is 38.5 Å². The summed E-state index contributed by atoms with van der Waals surface area (Å²) in [5.74, 6) is 3.05. The van der Waals surface area contributed by atoms with Crippen LogP contribution in [0.15, 0.2) is 12.1 Å². The molecule has 2 fully saturated rings. The Morgan fingerprint density at radius 3 is 2.29 bits per heavy atom. The Morgan fingerprint density at radius 1 is 1.10 bits per heavy atom. The minimum Gasteiger partial charge on any atom is -0.507 e. The van der Waals surface area contributed by atoms with Crippen LogP contribution < -0.4 is 0 Å². The van der Waals surface area contributed by atoms with Gasteiger partial charge in [-0.05, 0) is 74.2 Å². The molecule has 2 atom stereocenters. The molecule has 0 radical (unpaired) electrons. The first-order valence-corrected chi connectivity index (χ1v) is 8.76. The minimum atomic E-state index is 0.236. The van der Waals surface area contributed by atoms with Crippen molar-refractivity contribution in [3.8, 4) is 5.75 Å². The van der Waals surface area contributed by atoms with Gasteiger partial charge in [0.1, 0.15) is 5.75 Å². The maximum Gasteiger partial charge on any atom is 0.122 e. The van der Waals surface area contributed by atoms with E-state index in [0.29, 0.717) is 5.75 Å². The predicted octanol–water partition coefficient (Wildman–Crippen LogP) is 5.37. The third-order valence-electron chi connectivity index (χ3n) is 5.91. The van der Waals surface area contributed by atoms with Gasteiger partial charge in [0.05, 0.1) is 0 Å². The number of phenols is 1. The van der Waals surface area contributed by atoms with E-state index >= 15 is 0 Å². The molecule has 2 unspecified atom stereocenters. The average Bonchev–Trinajstić information content (AvgIpc) is 2.39. The fourth-order valence-corrected chi connectivity index (χ4v) is 5.56. The third-order valence-corrected chi connectivity index (χ3v) is 5.91. The van der Waals surface area contributed by atoms with Crippen molar-refractivity contribution in [3.63, 3.8) is 0 Å². The summed E-state index contributed by atoms with van der Waals surface area (Å²) in [5, 5.41) is 10.8. The van der Waals surface area contributed by atoms with Crippen LogP contribution in [0.4, 0.5) is 0 Å². The molecule has 1 heteroatoms. The maximum absolute atomic E-state index is 10.8. The van der Waals surface area contributed by atoms with E-state index in [9.17, 15) is 5.11 Å². The SMILES string of the molecule is CCc1cc(C)cc(C23CC(C)CC(CC(C)C2)C3)c1O. The zero-order valence-electron chi connectivity index (χ0n) is 14.1. The second-order valence-electron chi connectivity index (χ2n) is 8.11. The highest BCUT2D eigenvalue weighted by molar-refractivity contribution is 5.48. The normalized spacial score (nSPS) is 35.7. The lowest BCUT2D eigenvalue weighted by Gasteiger charge is -2.50. The highest BCUT2D eigenvalue weighted by Crippen LogP contribution is 2.56. The monoisotopic (exact) mass is 286 g/mol. The van der Waals surface area contributed by atoms with Gasteiger partial charge in [0.2, 0.25) is 0 Å². The molecule has 116 valence electrons. The van der Waals surface area contributed by atoms with Gasteiger partial charge in [-0.2, -0.15) is 0 Å². The van der Waals surface area contributed by atoms with Gasteiger partial charge in [-0.25, -0.2) is 0 Å². The lowest BCUT2D eigenvalue weighted by atomic mass is 9.54. The van der Waals surface area contributed by atoms with Crippen LogP contribution in [0.2, 0.25) is 0 Å². The summed E-state index contributed by atoms with van der Waals surface area (Å²) in [6, 6.07) is 4.44. The zero-order valence-corrected chi connectivity index (χ0v) is 14.1. The first-order valence-electron chi connectivity index (χ1n) is 8.76. The quantitative estimate of drug-likeness (QED) is 0.775. The van der Waals surface area contributed by atoms with Crippen LogP contribution in [0, 0.1) is 24.7 Å². The fourth-order valence-electron chi connectivity index (χ4n) is 5.56. The number of rotatable bonds is 2. The molecule has 0 aromatic heterocycles. The molecule has 2 aliphatic rings. The van der Waals surface area contributed by atoms with E-state index in [4.69, 9.17) is 0 Å². The molecule has 0 heterocycles. The summed E-state index contributed by atoms with van der Waals surface area (Å²) in [7, 11) is 0. The van der Waals surface area contributed by atoms with E-state index in [1.807, 2.05) is 0 Å². The molecular weight excluding hydrogens is 256 g/mol. The van der Waals surface area contributed by atoms with Gasteiger partial charge in [-0.3, -0.25) is 0 Å². The van der Waals surface area contributed by atoms with Crippen molar-refractivity contribution in [2.75, 3.05) is 0 Å². The van der Waals surface area contributed by atoms with Crippen molar-refractivity contribution >= 4 is 0 Å². The van der Waals surface area contributed by atoms with E-state index < -0.39 is 0 Å². The van der Waals surface area contributed by atoms with Crippen LogP contribution in [0.5, 0.6) is 5.75 Å². The van der Waals surface area contributed by atoms with E-state index in [1.54, 1.807) is 0 Å². The Labute approximate surface area is 129 Å². The Balaban J connectivity index is 2.10. The molecular formula is C20H30O. The first kappa shape index (κ1) is 14.9. The van der Waals surface area contributed by atoms with E-state index in [0.717, 1.165) is 29.7 Å². The van der Waals surface area contributed by atoms with Crippen molar-refractivity contribution in [3.05, 3.63) is 28.8 Å². The summed E-state index contributed by atoms with van der Waals surface area (Å²) >= 11 is 0.